The summed E-state index contributed by atoms with van der Waals surface area (Å²) in [5, 5.41) is 1.07. The molecular weight excluding hydrogens is 324 g/mol. The molecule has 0 spiro atoms. The number of nitrogens with zero attached hydrogens (tertiary/aromatic N) is 2. The number of benzene rings is 1. The summed E-state index contributed by atoms with van der Waals surface area (Å²) >= 11 is 0. The molecule has 3 rings (SSSR count). The Kier molecular flexibility index (Phi) is 6.49. The summed E-state index contributed by atoms with van der Waals surface area (Å²) in [7, 11) is 0. The molecule has 0 amide bonds. The highest BCUT2D eigenvalue weighted by Crippen LogP contribution is 2.23. The van der Waals surface area contributed by atoms with E-state index in [1.165, 1.54) is 0 Å². The number of carbonyl (C=O) groups is 1. The number of carbonyl (C=O) groups excluding carboxylic acids is 1. The van der Waals surface area contributed by atoms with Gasteiger partial charge in [0.05, 0.1) is 6.10 Å². The molecule has 0 N–H and O–H groups in total. The van der Waals surface area contributed by atoms with Gasteiger partial charge in [-0.1, -0.05) is 32.0 Å². The number of fused-ring (bicyclic) bond motifs is 1. The highest BCUT2D eigenvalue weighted by atomic mass is 16.5. The van der Waals surface area contributed by atoms with Crippen LogP contribution < -0.4 is 0 Å². The molecule has 2 aromatic rings. The number of rotatable bonds is 8. The van der Waals surface area contributed by atoms with E-state index < -0.39 is 0 Å². The average molecular weight is 357 g/mol. The number of para-hydroxylation sites is 1. The van der Waals surface area contributed by atoms with Gasteiger partial charge in [-0.05, 0) is 38.2 Å². The molecule has 1 atom stereocenters. The van der Waals surface area contributed by atoms with Gasteiger partial charge in [-0.15, -0.1) is 0 Å². The van der Waals surface area contributed by atoms with Crippen LogP contribution in [0.25, 0.3) is 10.9 Å². The summed E-state index contributed by atoms with van der Waals surface area (Å²) in [6.07, 6.45) is 5.88. The fourth-order valence-electron chi connectivity index (χ4n) is 4.06. The smallest absolute Gasteiger partial charge is 0.161 e. The van der Waals surface area contributed by atoms with Crippen LogP contribution >= 0.6 is 0 Å². The molecule has 1 aromatic carbocycles. The minimum absolute atomic E-state index is 0.141. The third kappa shape index (κ3) is 4.54. The Labute approximate surface area is 157 Å². The van der Waals surface area contributed by atoms with Crippen LogP contribution in [-0.2, 0) is 11.3 Å². The summed E-state index contributed by atoms with van der Waals surface area (Å²) in [6.45, 7) is 11.3. The van der Waals surface area contributed by atoms with Crippen LogP contribution in [0.15, 0.2) is 30.5 Å². The van der Waals surface area contributed by atoms with Gasteiger partial charge in [0.15, 0.2) is 5.78 Å². The summed E-state index contributed by atoms with van der Waals surface area (Å²) < 4.78 is 8.15. The molecule has 1 fully saturated rings. The largest absolute Gasteiger partial charge is 0.378 e. The summed E-state index contributed by atoms with van der Waals surface area (Å²) in [5.41, 5.74) is 2.00. The minimum Gasteiger partial charge on any atom is -0.378 e. The highest BCUT2D eigenvalue weighted by molar-refractivity contribution is 6.06. The van der Waals surface area contributed by atoms with E-state index in [2.05, 4.69) is 35.4 Å². The molecule has 0 radical (unpaired) electrons. The van der Waals surface area contributed by atoms with Gasteiger partial charge in [0, 0.05) is 55.4 Å². The molecule has 1 aliphatic heterocycles. The average Bonchev–Trinajstić information content (AvgIpc) is 3.00. The van der Waals surface area contributed by atoms with E-state index in [4.69, 9.17) is 4.74 Å². The third-order valence-corrected chi connectivity index (χ3v) is 5.34. The molecule has 1 saturated heterocycles. The fraction of sp³-hybridized carbons (Fsp3) is 0.591. The lowest BCUT2D eigenvalue weighted by Gasteiger charge is -2.33. The van der Waals surface area contributed by atoms with Crippen LogP contribution in [0.5, 0.6) is 0 Å². The molecule has 1 unspecified atom stereocenters. The Balaban J connectivity index is 1.58. The van der Waals surface area contributed by atoms with Crippen molar-refractivity contribution in [1.82, 2.24) is 9.47 Å². The first-order valence-corrected chi connectivity index (χ1v) is 10.0. The van der Waals surface area contributed by atoms with E-state index in [0.717, 1.165) is 68.5 Å². The maximum Gasteiger partial charge on any atom is 0.161 e. The molecule has 0 aliphatic carbocycles. The van der Waals surface area contributed by atoms with Crippen molar-refractivity contribution in [3.05, 3.63) is 36.0 Å². The fourth-order valence-corrected chi connectivity index (χ4v) is 4.06. The highest BCUT2D eigenvalue weighted by Gasteiger charge is 2.21. The lowest BCUT2D eigenvalue weighted by Crippen LogP contribution is -2.39. The molecule has 0 bridgehead atoms. The Morgan fingerprint density at radius 3 is 2.65 bits per heavy atom. The number of Topliss-reactive ketones (excluding diaryl/α,β-unsaturated/α-hetero) is 1. The topological polar surface area (TPSA) is 34.5 Å². The van der Waals surface area contributed by atoms with Crippen LogP contribution in [0.4, 0.5) is 0 Å². The molecule has 142 valence electrons. The maximum atomic E-state index is 11.9. The van der Waals surface area contributed by atoms with Gasteiger partial charge >= 0.3 is 0 Å². The molecule has 4 nitrogen and oxygen atoms in total. The first kappa shape index (κ1) is 19.1. The number of ketones is 1. The van der Waals surface area contributed by atoms with Crippen LogP contribution in [0, 0.1) is 5.92 Å². The summed E-state index contributed by atoms with van der Waals surface area (Å²) in [4.78, 5) is 14.5. The van der Waals surface area contributed by atoms with Gasteiger partial charge in [-0.25, -0.2) is 0 Å². The van der Waals surface area contributed by atoms with Crippen molar-refractivity contribution in [2.75, 3.05) is 26.2 Å². The predicted molar refractivity (Wildman–Crippen MR) is 107 cm³/mol. The van der Waals surface area contributed by atoms with Crippen molar-refractivity contribution in [3.63, 3.8) is 0 Å². The standard InChI is InChI=1S/C22H32N2O2/c1-4-13-26-19-9-11-23(12-10-19)14-17(2)15-24-16-21(18(3)25)20-7-5-6-8-22(20)24/h5-8,16-17,19H,4,9-15H2,1-3H3. The number of ether oxygens (including phenoxy) is 1. The lowest BCUT2D eigenvalue weighted by atomic mass is 10.1. The number of hydrogen-bond acceptors (Lipinski definition) is 3. The molecular formula is C22H32N2O2. The van der Waals surface area contributed by atoms with E-state index >= 15 is 0 Å². The van der Waals surface area contributed by atoms with Gasteiger partial charge < -0.3 is 14.2 Å². The van der Waals surface area contributed by atoms with Gasteiger partial charge in [-0.3, -0.25) is 4.79 Å². The monoisotopic (exact) mass is 356 g/mol. The van der Waals surface area contributed by atoms with E-state index in [0.29, 0.717) is 12.0 Å². The van der Waals surface area contributed by atoms with E-state index in [1.54, 1.807) is 6.92 Å². The quantitative estimate of drug-likeness (QED) is 0.659. The van der Waals surface area contributed by atoms with Gasteiger partial charge in [-0.2, -0.15) is 0 Å². The van der Waals surface area contributed by atoms with Crippen LogP contribution in [-0.4, -0.2) is 47.6 Å². The van der Waals surface area contributed by atoms with Gasteiger partial charge in [0.1, 0.15) is 0 Å². The van der Waals surface area contributed by atoms with Crippen molar-refractivity contribution in [2.24, 2.45) is 5.92 Å². The number of likely N-dealkylation sites (tertiary alicyclic amines) is 1. The molecule has 1 aromatic heterocycles. The zero-order chi connectivity index (χ0) is 18.5. The van der Waals surface area contributed by atoms with Crippen molar-refractivity contribution in [1.29, 1.82) is 0 Å². The van der Waals surface area contributed by atoms with Crippen LogP contribution in [0.1, 0.15) is 50.4 Å². The predicted octanol–water partition coefficient (Wildman–Crippen LogP) is 4.37. The second-order valence-electron chi connectivity index (χ2n) is 7.74. The lowest BCUT2D eigenvalue weighted by molar-refractivity contribution is 0.00503. The van der Waals surface area contributed by atoms with E-state index in [-0.39, 0.29) is 5.78 Å². The maximum absolute atomic E-state index is 11.9. The zero-order valence-electron chi connectivity index (χ0n) is 16.4. The summed E-state index contributed by atoms with van der Waals surface area (Å²) in [6, 6.07) is 8.22. The van der Waals surface area contributed by atoms with Crippen molar-refractivity contribution >= 4 is 16.7 Å². The second-order valence-corrected chi connectivity index (χ2v) is 7.74. The van der Waals surface area contributed by atoms with E-state index in [1.807, 2.05) is 18.3 Å². The zero-order valence-corrected chi connectivity index (χ0v) is 16.4. The Hall–Kier alpha value is -1.65. The van der Waals surface area contributed by atoms with Gasteiger partial charge in [0.25, 0.3) is 0 Å². The number of hydrogen-bond donors (Lipinski definition) is 0. The first-order valence-electron chi connectivity index (χ1n) is 10.0. The number of aromatic nitrogens is 1. The molecule has 2 heterocycles. The number of piperidine rings is 1. The Morgan fingerprint density at radius 1 is 1.23 bits per heavy atom. The normalized spacial score (nSPS) is 17.7. The molecule has 4 heteroatoms. The summed E-state index contributed by atoms with van der Waals surface area (Å²) in [5.74, 6) is 0.681. The first-order chi connectivity index (χ1) is 12.6. The SMILES string of the molecule is CCCOC1CCN(CC(C)Cn2cc(C(C)=O)c3ccccc32)CC1. The van der Waals surface area contributed by atoms with Crippen molar-refractivity contribution in [2.45, 2.75) is 52.7 Å². The Morgan fingerprint density at radius 2 is 1.96 bits per heavy atom. The molecule has 26 heavy (non-hydrogen) atoms. The van der Waals surface area contributed by atoms with Crippen molar-refractivity contribution < 1.29 is 9.53 Å². The van der Waals surface area contributed by atoms with Crippen molar-refractivity contribution in [3.8, 4) is 0 Å². The Bertz CT molecular complexity index is 729. The van der Waals surface area contributed by atoms with E-state index in [9.17, 15) is 4.79 Å². The second kappa shape index (κ2) is 8.83. The van der Waals surface area contributed by atoms with Crippen LogP contribution in [0.2, 0.25) is 0 Å². The van der Waals surface area contributed by atoms with Crippen LogP contribution in [0.3, 0.4) is 0 Å². The molecule has 0 saturated carbocycles. The minimum atomic E-state index is 0.141. The van der Waals surface area contributed by atoms with Gasteiger partial charge in [0.2, 0.25) is 0 Å². The molecule has 1 aliphatic rings. The third-order valence-electron chi connectivity index (χ3n) is 5.34.